The Hall–Kier alpha value is -3.33. The van der Waals surface area contributed by atoms with Gasteiger partial charge in [0.05, 0.1) is 33.8 Å². The highest BCUT2D eigenvalue weighted by Gasteiger charge is 2.30. The summed E-state index contributed by atoms with van der Waals surface area (Å²) in [4.78, 5) is 37.7. The first kappa shape index (κ1) is 73.7. The van der Waals surface area contributed by atoms with Crippen molar-refractivity contribution in [3.63, 3.8) is 0 Å². The van der Waals surface area contributed by atoms with E-state index in [0.717, 1.165) is 116 Å². The summed E-state index contributed by atoms with van der Waals surface area (Å²) in [5.74, 6) is -0.569. The van der Waals surface area contributed by atoms with E-state index >= 15 is 0 Å². The Balaban J connectivity index is 5.33. The number of nitrogens with zero attached hydrogens (tertiary/aromatic N) is 1. The van der Waals surface area contributed by atoms with E-state index in [1.54, 1.807) is 0 Å². The second-order valence-electron chi connectivity index (χ2n) is 21.9. The average Bonchev–Trinajstić information content (AvgIpc) is 3.39. The Bertz CT molecular complexity index is 1690. The Labute approximate surface area is 474 Å². The van der Waals surface area contributed by atoms with Gasteiger partial charge in [-0.3, -0.25) is 18.6 Å². The molecule has 0 aliphatic rings. The summed E-state index contributed by atoms with van der Waals surface area (Å²) in [5, 5.41) is 3.03. The largest absolute Gasteiger partial charge is 0.472 e. The number of ether oxygens (including phenoxy) is 1. The monoisotopic (exact) mass is 1090 g/mol. The molecule has 0 fully saturated rings. The second kappa shape index (κ2) is 56.0. The third kappa shape index (κ3) is 57.2. The van der Waals surface area contributed by atoms with E-state index in [9.17, 15) is 19.0 Å². The summed E-state index contributed by atoms with van der Waals surface area (Å²) in [5.41, 5.74) is 0. The zero-order chi connectivity index (χ0) is 56.4. The van der Waals surface area contributed by atoms with Gasteiger partial charge in [0, 0.05) is 12.8 Å². The Morgan fingerprint density at radius 2 is 0.792 bits per heavy atom. The lowest BCUT2D eigenvalue weighted by atomic mass is 10.1. The van der Waals surface area contributed by atoms with E-state index in [4.69, 9.17) is 13.8 Å². The summed E-state index contributed by atoms with van der Waals surface area (Å²) >= 11 is 0. The molecule has 0 rings (SSSR count). The first-order chi connectivity index (χ1) is 37.4. The summed E-state index contributed by atoms with van der Waals surface area (Å²) in [6, 6.07) is -0.879. The molecule has 9 nitrogen and oxygen atoms in total. The Morgan fingerprint density at radius 1 is 0.455 bits per heavy atom. The maximum Gasteiger partial charge on any atom is 0.472 e. The fraction of sp³-hybridized carbons (Fsp3) is 0.701. The van der Waals surface area contributed by atoms with Crippen molar-refractivity contribution in [1.29, 1.82) is 0 Å². The number of phosphoric ester groups is 1. The van der Waals surface area contributed by atoms with Gasteiger partial charge in [0.2, 0.25) is 5.91 Å². The molecule has 0 saturated heterocycles. The fourth-order valence-corrected chi connectivity index (χ4v) is 9.05. The van der Waals surface area contributed by atoms with Crippen LogP contribution in [0.25, 0.3) is 0 Å². The number of unbranched alkanes of at least 4 members (excludes halogenated alkanes) is 23. The van der Waals surface area contributed by atoms with Crippen LogP contribution in [0.3, 0.4) is 0 Å². The summed E-state index contributed by atoms with van der Waals surface area (Å²) in [6.07, 6.45) is 76.5. The first-order valence-electron chi connectivity index (χ1n) is 31.2. The average molecular weight is 1090 g/mol. The Morgan fingerprint density at radius 3 is 1.22 bits per heavy atom. The SMILES string of the molecule is CCCCC/C=C\C/C=C\C/C=C\C/C=C\CCCCCCCC(=O)NC(COP(=O)(O)OCC[N+](C)(C)C)C(/C=C/CCCCCCCCCCC)OC(=O)CCCCC/C=C\C/C=C\C/C=C\C/C=C\CCCCC. The molecule has 77 heavy (non-hydrogen) atoms. The molecule has 0 aromatic carbocycles. The number of hydrogen-bond donors (Lipinski definition) is 2. The van der Waals surface area contributed by atoms with Crippen molar-refractivity contribution in [2.75, 3.05) is 40.9 Å². The van der Waals surface area contributed by atoms with Crippen LogP contribution in [0.5, 0.6) is 0 Å². The van der Waals surface area contributed by atoms with E-state index < -0.39 is 20.0 Å². The van der Waals surface area contributed by atoms with Gasteiger partial charge in [0.25, 0.3) is 0 Å². The molecule has 3 unspecified atom stereocenters. The van der Waals surface area contributed by atoms with Crippen molar-refractivity contribution in [2.24, 2.45) is 0 Å². The first-order valence-corrected chi connectivity index (χ1v) is 32.7. The third-order valence-corrected chi connectivity index (χ3v) is 14.2. The van der Waals surface area contributed by atoms with E-state index in [1.165, 1.54) is 96.3 Å². The molecule has 0 spiro atoms. The second-order valence-corrected chi connectivity index (χ2v) is 23.3. The van der Waals surface area contributed by atoms with Crippen molar-refractivity contribution in [1.82, 2.24) is 5.32 Å². The quantitative estimate of drug-likeness (QED) is 0.0205. The minimum atomic E-state index is -4.47. The summed E-state index contributed by atoms with van der Waals surface area (Å²) in [6.45, 7) is 6.90. The highest BCUT2D eigenvalue weighted by Crippen LogP contribution is 2.43. The number of esters is 1. The van der Waals surface area contributed by atoms with Crippen LogP contribution in [0.2, 0.25) is 0 Å². The number of likely N-dealkylation sites (N-methyl/N-ethyl adjacent to an activating group) is 1. The highest BCUT2D eigenvalue weighted by molar-refractivity contribution is 7.47. The van der Waals surface area contributed by atoms with E-state index in [-0.39, 0.29) is 31.5 Å². The van der Waals surface area contributed by atoms with Crippen LogP contribution in [0.4, 0.5) is 0 Å². The normalized spacial score (nSPS) is 14.4. The van der Waals surface area contributed by atoms with E-state index in [1.807, 2.05) is 33.3 Å². The Kier molecular flexibility index (Phi) is 53.5. The van der Waals surface area contributed by atoms with Gasteiger partial charge in [-0.05, 0) is 122 Å². The molecule has 0 heterocycles. The van der Waals surface area contributed by atoms with Gasteiger partial charge in [-0.25, -0.2) is 4.57 Å². The minimum Gasteiger partial charge on any atom is -0.456 e. The standard InChI is InChI=1S/C67H117N2O7P/c1-7-10-13-16-19-22-25-27-29-31-33-34-36-37-39-41-44-47-50-53-56-59-66(70)68-64(63-75-77(72,73)74-62-61-69(4,5)6)65(58-55-52-49-46-43-24-21-18-15-12-9-3)76-67(71)60-57-54-51-48-45-42-40-38-35-32-30-28-26-23-20-17-14-11-8-2/h19-20,22-23,27-30,33-35,37-39,42,45,55,58,64-65H,7-18,21,24-26,31-32,36,40-41,43-44,46-54,56-57,59-63H2,1-6H3,(H-,68,70,72,73)/p+1/b22-19-,23-20-,29-27-,30-28-,34-33-,38-35-,39-37-,45-42-,58-55+. The molecule has 3 atom stereocenters. The molecular formula is C67H118N2O7P+. The lowest BCUT2D eigenvalue weighted by Gasteiger charge is -2.27. The third-order valence-electron chi connectivity index (χ3n) is 13.2. The number of amides is 1. The van der Waals surface area contributed by atoms with Crippen molar-refractivity contribution in [3.8, 4) is 0 Å². The molecule has 1 amide bonds. The fourth-order valence-electron chi connectivity index (χ4n) is 8.32. The number of hydrogen-bond acceptors (Lipinski definition) is 6. The maximum atomic E-state index is 13.5. The van der Waals surface area contributed by atoms with Gasteiger partial charge >= 0.3 is 13.8 Å². The number of allylic oxidation sites excluding steroid dienone is 17. The van der Waals surface area contributed by atoms with Gasteiger partial charge in [-0.2, -0.15) is 0 Å². The van der Waals surface area contributed by atoms with Crippen LogP contribution in [-0.2, 0) is 27.9 Å². The van der Waals surface area contributed by atoms with Crippen LogP contribution in [0.15, 0.2) is 109 Å². The van der Waals surface area contributed by atoms with Gasteiger partial charge in [-0.15, -0.1) is 0 Å². The molecule has 0 aromatic heterocycles. The summed E-state index contributed by atoms with van der Waals surface area (Å²) < 4.78 is 30.6. The highest BCUT2D eigenvalue weighted by atomic mass is 31.2. The van der Waals surface area contributed by atoms with Crippen LogP contribution in [0.1, 0.15) is 252 Å². The molecule has 0 bridgehead atoms. The number of quaternary nitrogens is 1. The topological polar surface area (TPSA) is 111 Å². The summed E-state index contributed by atoms with van der Waals surface area (Å²) in [7, 11) is 1.45. The van der Waals surface area contributed by atoms with Crippen LogP contribution in [0, 0.1) is 0 Å². The van der Waals surface area contributed by atoms with Crippen molar-refractivity contribution < 1.29 is 37.3 Å². The molecule has 0 saturated carbocycles. The molecule has 10 heteroatoms. The number of carbonyl (C=O) groups excluding carboxylic acids is 2. The zero-order valence-electron chi connectivity index (χ0n) is 50.4. The smallest absolute Gasteiger partial charge is 0.456 e. The van der Waals surface area contributed by atoms with Crippen LogP contribution in [-0.4, -0.2) is 74.3 Å². The van der Waals surface area contributed by atoms with Gasteiger partial charge in [0.15, 0.2) is 0 Å². The lowest BCUT2D eigenvalue weighted by molar-refractivity contribution is -0.870. The number of rotatable bonds is 55. The van der Waals surface area contributed by atoms with Gasteiger partial charge in [-0.1, -0.05) is 227 Å². The van der Waals surface area contributed by atoms with Crippen molar-refractivity contribution >= 4 is 19.7 Å². The molecule has 442 valence electrons. The lowest BCUT2D eigenvalue weighted by Crippen LogP contribution is -2.47. The molecular weight excluding hydrogens is 976 g/mol. The molecule has 0 radical (unpaired) electrons. The number of phosphoric acid groups is 1. The molecule has 0 aliphatic carbocycles. The molecule has 2 N–H and O–H groups in total. The van der Waals surface area contributed by atoms with E-state index in [2.05, 4.69) is 123 Å². The van der Waals surface area contributed by atoms with Gasteiger partial charge < -0.3 is 19.4 Å². The maximum absolute atomic E-state index is 13.5. The number of carbonyl (C=O) groups is 2. The minimum absolute atomic E-state index is 0.0251. The predicted octanol–water partition coefficient (Wildman–Crippen LogP) is 19.3. The predicted molar refractivity (Wildman–Crippen MR) is 332 cm³/mol. The molecule has 0 aliphatic heterocycles. The van der Waals surface area contributed by atoms with Crippen molar-refractivity contribution in [2.45, 2.75) is 264 Å². The number of nitrogens with one attached hydrogen (secondary N) is 1. The van der Waals surface area contributed by atoms with Crippen molar-refractivity contribution in [3.05, 3.63) is 109 Å². The van der Waals surface area contributed by atoms with Gasteiger partial charge in [0.1, 0.15) is 19.3 Å². The van der Waals surface area contributed by atoms with Crippen LogP contribution < -0.4 is 5.32 Å². The molecule has 0 aromatic rings. The zero-order valence-corrected chi connectivity index (χ0v) is 51.3. The van der Waals surface area contributed by atoms with E-state index in [0.29, 0.717) is 23.9 Å². The van der Waals surface area contributed by atoms with Crippen LogP contribution >= 0.6 is 7.82 Å².